The van der Waals surface area contributed by atoms with Crippen molar-refractivity contribution in [1.82, 2.24) is 0 Å². The molecule has 0 aromatic heterocycles. The van der Waals surface area contributed by atoms with E-state index in [-0.39, 0.29) is 11.6 Å². The molecule has 0 saturated carbocycles. The van der Waals surface area contributed by atoms with Gasteiger partial charge in [0.05, 0.1) is 10.7 Å². The number of halogens is 3. The highest BCUT2D eigenvalue weighted by atomic mass is 35.5. The molecule has 0 fully saturated rings. The summed E-state index contributed by atoms with van der Waals surface area (Å²) >= 11 is 5.84. The van der Waals surface area contributed by atoms with Crippen molar-refractivity contribution < 1.29 is 8.78 Å². The third-order valence-electron chi connectivity index (χ3n) is 1.69. The summed E-state index contributed by atoms with van der Waals surface area (Å²) in [7, 11) is 0. The number of nitrogens with one attached hydrogen (secondary N) is 1. The lowest BCUT2D eigenvalue weighted by Gasteiger charge is -2.12. The van der Waals surface area contributed by atoms with Gasteiger partial charge in [0.25, 0.3) is 6.43 Å². The van der Waals surface area contributed by atoms with Crippen molar-refractivity contribution >= 4 is 17.3 Å². The highest BCUT2D eigenvalue weighted by molar-refractivity contribution is 6.33. The molecule has 78 valence electrons. The molecule has 0 saturated heterocycles. The lowest BCUT2D eigenvalue weighted by molar-refractivity contribution is 0.151. The fraction of sp³-hybridized carbons (Fsp3) is 0.400. The maximum Gasteiger partial charge on any atom is 0.263 e. The van der Waals surface area contributed by atoms with Crippen molar-refractivity contribution in [3.05, 3.63) is 28.8 Å². The van der Waals surface area contributed by atoms with Crippen LogP contribution in [0.25, 0.3) is 0 Å². The first-order chi connectivity index (χ1) is 6.50. The van der Waals surface area contributed by atoms with E-state index in [1.165, 1.54) is 18.2 Å². The standard InChI is InChI=1S/C10H12ClF2N/c1-6(2)14-9-5-7(10(12)13)3-4-8(9)11/h3-6,10,14H,1-2H3. The van der Waals surface area contributed by atoms with Gasteiger partial charge >= 0.3 is 0 Å². The van der Waals surface area contributed by atoms with E-state index in [0.717, 1.165) is 0 Å². The normalized spacial score (nSPS) is 11.1. The second-order valence-electron chi connectivity index (χ2n) is 3.34. The van der Waals surface area contributed by atoms with Gasteiger partial charge in [-0.05, 0) is 26.0 Å². The number of anilines is 1. The van der Waals surface area contributed by atoms with Gasteiger partial charge < -0.3 is 5.32 Å². The largest absolute Gasteiger partial charge is 0.382 e. The van der Waals surface area contributed by atoms with E-state index in [1.807, 2.05) is 13.8 Å². The van der Waals surface area contributed by atoms with Crippen molar-refractivity contribution in [3.63, 3.8) is 0 Å². The topological polar surface area (TPSA) is 12.0 Å². The average Bonchev–Trinajstić information content (AvgIpc) is 2.07. The molecule has 1 N–H and O–H groups in total. The molecule has 0 amide bonds. The molecule has 4 heteroatoms. The Morgan fingerprint density at radius 3 is 2.43 bits per heavy atom. The predicted octanol–water partition coefficient (Wildman–Crippen LogP) is 4.10. The molecule has 0 unspecified atom stereocenters. The van der Waals surface area contributed by atoms with Gasteiger partial charge in [0, 0.05) is 11.6 Å². The second kappa shape index (κ2) is 4.60. The van der Waals surface area contributed by atoms with Gasteiger partial charge in [-0.2, -0.15) is 0 Å². The van der Waals surface area contributed by atoms with E-state index < -0.39 is 6.43 Å². The van der Waals surface area contributed by atoms with Crippen LogP contribution in [-0.4, -0.2) is 6.04 Å². The summed E-state index contributed by atoms with van der Waals surface area (Å²) in [5.41, 5.74) is 0.539. The van der Waals surface area contributed by atoms with E-state index in [2.05, 4.69) is 5.32 Å². The Balaban J connectivity index is 2.96. The van der Waals surface area contributed by atoms with Gasteiger partial charge in [-0.1, -0.05) is 17.7 Å². The van der Waals surface area contributed by atoms with Crippen LogP contribution in [0.2, 0.25) is 5.02 Å². The van der Waals surface area contributed by atoms with Crippen LogP contribution in [0, 0.1) is 0 Å². The smallest absolute Gasteiger partial charge is 0.263 e. The van der Waals surface area contributed by atoms with Crippen molar-refractivity contribution in [3.8, 4) is 0 Å². The Morgan fingerprint density at radius 1 is 1.29 bits per heavy atom. The van der Waals surface area contributed by atoms with Crippen LogP contribution in [0.15, 0.2) is 18.2 Å². The minimum absolute atomic E-state index is 0.0162. The molecule has 0 atom stereocenters. The van der Waals surface area contributed by atoms with E-state index in [4.69, 9.17) is 11.6 Å². The number of alkyl halides is 2. The minimum atomic E-state index is -2.46. The molecule has 0 spiro atoms. The van der Waals surface area contributed by atoms with Crippen LogP contribution < -0.4 is 5.32 Å². The quantitative estimate of drug-likeness (QED) is 0.807. The van der Waals surface area contributed by atoms with Crippen LogP contribution in [0.4, 0.5) is 14.5 Å². The molecule has 0 heterocycles. The van der Waals surface area contributed by atoms with Gasteiger partial charge in [-0.25, -0.2) is 8.78 Å². The lowest BCUT2D eigenvalue weighted by Crippen LogP contribution is -2.10. The van der Waals surface area contributed by atoms with Crippen LogP contribution in [0.1, 0.15) is 25.8 Å². The molecule has 1 rings (SSSR count). The van der Waals surface area contributed by atoms with Crippen molar-refractivity contribution in [2.75, 3.05) is 5.32 Å². The van der Waals surface area contributed by atoms with Crippen LogP contribution in [0.5, 0.6) is 0 Å². The zero-order chi connectivity index (χ0) is 10.7. The summed E-state index contributed by atoms with van der Waals surface area (Å²) in [5, 5.41) is 3.46. The monoisotopic (exact) mass is 219 g/mol. The van der Waals surface area contributed by atoms with E-state index >= 15 is 0 Å². The first-order valence-electron chi connectivity index (χ1n) is 4.35. The highest BCUT2D eigenvalue weighted by Crippen LogP contribution is 2.28. The van der Waals surface area contributed by atoms with E-state index in [1.54, 1.807) is 0 Å². The van der Waals surface area contributed by atoms with Gasteiger partial charge in [-0.3, -0.25) is 0 Å². The molecule has 0 radical (unpaired) electrons. The number of hydrogen-bond donors (Lipinski definition) is 1. The molecule has 14 heavy (non-hydrogen) atoms. The summed E-state index contributed by atoms with van der Waals surface area (Å²) < 4.78 is 24.7. The summed E-state index contributed by atoms with van der Waals surface area (Å²) in [6, 6.07) is 4.36. The third kappa shape index (κ3) is 2.84. The molecule has 0 aliphatic carbocycles. The molecule has 1 nitrogen and oxygen atoms in total. The Bertz CT molecular complexity index is 313. The summed E-state index contributed by atoms with van der Waals surface area (Å²) in [6.07, 6.45) is -2.46. The van der Waals surface area contributed by atoms with Crippen molar-refractivity contribution in [2.45, 2.75) is 26.3 Å². The highest BCUT2D eigenvalue weighted by Gasteiger charge is 2.10. The molecular weight excluding hydrogens is 208 g/mol. The first kappa shape index (κ1) is 11.2. The SMILES string of the molecule is CC(C)Nc1cc(C(F)F)ccc1Cl. The number of hydrogen-bond acceptors (Lipinski definition) is 1. The maximum atomic E-state index is 12.3. The number of benzene rings is 1. The summed E-state index contributed by atoms with van der Waals surface area (Å²) in [4.78, 5) is 0. The molecule has 0 bridgehead atoms. The molecular formula is C10H12ClF2N. The van der Waals surface area contributed by atoms with Crippen LogP contribution in [0.3, 0.4) is 0 Å². The van der Waals surface area contributed by atoms with Gasteiger partial charge in [-0.15, -0.1) is 0 Å². The third-order valence-corrected chi connectivity index (χ3v) is 2.02. The Morgan fingerprint density at radius 2 is 1.93 bits per heavy atom. The van der Waals surface area contributed by atoms with Gasteiger partial charge in [0.2, 0.25) is 0 Å². The predicted molar refractivity (Wildman–Crippen MR) is 55.2 cm³/mol. The van der Waals surface area contributed by atoms with E-state index in [0.29, 0.717) is 10.7 Å². The van der Waals surface area contributed by atoms with Crippen LogP contribution >= 0.6 is 11.6 Å². The van der Waals surface area contributed by atoms with Crippen LogP contribution in [-0.2, 0) is 0 Å². The average molecular weight is 220 g/mol. The zero-order valence-corrected chi connectivity index (χ0v) is 8.78. The second-order valence-corrected chi connectivity index (χ2v) is 3.75. The fourth-order valence-electron chi connectivity index (χ4n) is 1.10. The Kier molecular flexibility index (Phi) is 3.69. The number of rotatable bonds is 3. The van der Waals surface area contributed by atoms with Gasteiger partial charge in [0.1, 0.15) is 0 Å². The van der Waals surface area contributed by atoms with Gasteiger partial charge in [0.15, 0.2) is 0 Å². The minimum Gasteiger partial charge on any atom is -0.382 e. The first-order valence-corrected chi connectivity index (χ1v) is 4.72. The Hall–Kier alpha value is -0.830. The maximum absolute atomic E-state index is 12.3. The Labute approximate surface area is 87.1 Å². The van der Waals surface area contributed by atoms with E-state index in [9.17, 15) is 8.78 Å². The lowest BCUT2D eigenvalue weighted by atomic mass is 10.2. The molecule has 1 aromatic rings. The summed E-state index contributed by atoms with van der Waals surface area (Å²) in [6.45, 7) is 3.84. The summed E-state index contributed by atoms with van der Waals surface area (Å²) in [5.74, 6) is 0. The zero-order valence-electron chi connectivity index (χ0n) is 8.02. The molecule has 0 aliphatic rings. The molecule has 1 aromatic carbocycles. The van der Waals surface area contributed by atoms with Crippen molar-refractivity contribution in [2.24, 2.45) is 0 Å². The van der Waals surface area contributed by atoms with Crippen molar-refractivity contribution in [1.29, 1.82) is 0 Å². The molecule has 0 aliphatic heterocycles. The fourth-order valence-corrected chi connectivity index (χ4v) is 1.27.